The molecule has 0 spiro atoms. The van der Waals surface area contributed by atoms with Gasteiger partial charge in [0, 0.05) is 12.6 Å². The van der Waals surface area contributed by atoms with E-state index >= 15 is 0 Å². The average molecular weight is 298 g/mol. The fourth-order valence-corrected chi connectivity index (χ4v) is 3.99. The van der Waals surface area contributed by atoms with Crippen molar-refractivity contribution in [3.63, 3.8) is 0 Å². The summed E-state index contributed by atoms with van der Waals surface area (Å²) < 4.78 is 0. The SMILES string of the molecule is CSCCC(C)N1C(=O)C2CCCN2C(=O)C1C(C)C. The number of rotatable bonds is 5. The van der Waals surface area contributed by atoms with E-state index in [0.29, 0.717) is 0 Å². The van der Waals surface area contributed by atoms with E-state index in [0.717, 1.165) is 31.6 Å². The molecule has 0 aromatic rings. The van der Waals surface area contributed by atoms with Gasteiger partial charge in [-0.3, -0.25) is 9.59 Å². The van der Waals surface area contributed by atoms with Crippen LogP contribution >= 0.6 is 11.8 Å². The van der Waals surface area contributed by atoms with Crippen LogP contribution in [0.25, 0.3) is 0 Å². The van der Waals surface area contributed by atoms with Crippen LogP contribution in [0.2, 0.25) is 0 Å². The Hall–Kier alpha value is -0.710. The van der Waals surface area contributed by atoms with Gasteiger partial charge < -0.3 is 9.80 Å². The average Bonchev–Trinajstić information content (AvgIpc) is 2.89. The van der Waals surface area contributed by atoms with Gasteiger partial charge in [0.25, 0.3) is 0 Å². The van der Waals surface area contributed by atoms with E-state index in [-0.39, 0.29) is 35.9 Å². The topological polar surface area (TPSA) is 40.6 Å². The van der Waals surface area contributed by atoms with Crippen LogP contribution in [0.1, 0.15) is 40.0 Å². The summed E-state index contributed by atoms with van der Waals surface area (Å²) in [4.78, 5) is 29.2. The molecule has 0 aromatic heterocycles. The van der Waals surface area contributed by atoms with Gasteiger partial charge in [-0.25, -0.2) is 0 Å². The fraction of sp³-hybridized carbons (Fsp3) is 0.867. The van der Waals surface area contributed by atoms with E-state index < -0.39 is 0 Å². The lowest BCUT2D eigenvalue weighted by molar-refractivity contribution is -0.164. The zero-order chi connectivity index (χ0) is 14.9. The largest absolute Gasteiger partial charge is 0.329 e. The molecule has 2 rings (SSSR count). The fourth-order valence-electron chi connectivity index (χ4n) is 3.41. The van der Waals surface area contributed by atoms with Crippen molar-refractivity contribution in [3.8, 4) is 0 Å². The smallest absolute Gasteiger partial charge is 0.246 e. The summed E-state index contributed by atoms with van der Waals surface area (Å²) in [5.74, 6) is 1.54. The number of amides is 2. The maximum absolute atomic E-state index is 12.8. The molecule has 0 aliphatic carbocycles. The second-order valence-electron chi connectivity index (χ2n) is 6.25. The first-order valence-corrected chi connectivity index (χ1v) is 9.00. The van der Waals surface area contributed by atoms with Crippen LogP contribution in [-0.4, -0.2) is 58.3 Å². The Bertz CT molecular complexity index is 386. The molecule has 0 aromatic carbocycles. The number of thioether (sulfide) groups is 1. The quantitative estimate of drug-likeness (QED) is 0.779. The Balaban J connectivity index is 2.25. The first-order chi connectivity index (χ1) is 9.49. The molecule has 20 heavy (non-hydrogen) atoms. The Kier molecular flexibility index (Phi) is 4.99. The Morgan fingerprint density at radius 1 is 1.25 bits per heavy atom. The molecule has 2 amide bonds. The predicted molar refractivity (Wildman–Crippen MR) is 82.7 cm³/mol. The van der Waals surface area contributed by atoms with E-state index in [4.69, 9.17) is 0 Å². The van der Waals surface area contributed by atoms with Gasteiger partial charge in [0.1, 0.15) is 12.1 Å². The van der Waals surface area contributed by atoms with Gasteiger partial charge in [-0.1, -0.05) is 13.8 Å². The number of hydrogen-bond donors (Lipinski definition) is 0. The lowest BCUT2D eigenvalue weighted by Gasteiger charge is -2.46. The number of carbonyl (C=O) groups is 2. The van der Waals surface area contributed by atoms with E-state index in [9.17, 15) is 9.59 Å². The summed E-state index contributed by atoms with van der Waals surface area (Å²) in [5.41, 5.74) is 0. The standard InChI is InChI=1S/C15H26N2O2S/c1-10(2)13-15(19)16-8-5-6-12(16)14(18)17(13)11(3)7-9-20-4/h10-13H,5-9H2,1-4H3. The van der Waals surface area contributed by atoms with E-state index in [1.165, 1.54) is 0 Å². The number of hydrogen-bond acceptors (Lipinski definition) is 3. The number of piperazine rings is 1. The molecule has 114 valence electrons. The van der Waals surface area contributed by atoms with Crippen molar-refractivity contribution in [1.29, 1.82) is 0 Å². The van der Waals surface area contributed by atoms with E-state index in [1.54, 1.807) is 11.8 Å². The molecule has 0 saturated carbocycles. The minimum atomic E-state index is -0.270. The molecule has 2 aliphatic heterocycles. The maximum atomic E-state index is 12.8. The first kappa shape index (κ1) is 15.7. The van der Waals surface area contributed by atoms with E-state index in [1.807, 2.05) is 23.6 Å². The monoisotopic (exact) mass is 298 g/mol. The van der Waals surface area contributed by atoms with Crippen molar-refractivity contribution in [2.24, 2.45) is 5.92 Å². The Morgan fingerprint density at radius 2 is 1.95 bits per heavy atom. The number of carbonyl (C=O) groups excluding carboxylic acids is 2. The second-order valence-corrected chi connectivity index (χ2v) is 7.24. The molecule has 2 fully saturated rings. The first-order valence-electron chi connectivity index (χ1n) is 7.60. The zero-order valence-electron chi connectivity index (χ0n) is 13.0. The molecule has 2 saturated heterocycles. The zero-order valence-corrected chi connectivity index (χ0v) is 13.8. The second kappa shape index (κ2) is 6.37. The molecule has 0 N–H and O–H groups in total. The molecule has 3 atom stereocenters. The van der Waals surface area contributed by atoms with Gasteiger partial charge >= 0.3 is 0 Å². The van der Waals surface area contributed by atoms with Crippen molar-refractivity contribution >= 4 is 23.6 Å². The van der Waals surface area contributed by atoms with Gasteiger partial charge in [0.05, 0.1) is 0 Å². The molecule has 0 bridgehead atoms. The van der Waals surface area contributed by atoms with Gasteiger partial charge in [-0.2, -0.15) is 11.8 Å². The third kappa shape index (κ3) is 2.69. The summed E-state index contributed by atoms with van der Waals surface area (Å²) in [6.07, 6.45) is 4.83. The van der Waals surface area contributed by atoms with Gasteiger partial charge in [-0.05, 0) is 44.1 Å². The van der Waals surface area contributed by atoms with Crippen LogP contribution in [0.4, 0.5) is 0 Å². The highest BCUT2D eigenvalue weighted by molar-refractivity contribution is 7.98. The Labute approximate surface area is 126 Å². The molecule has 2 aliphatic rings. The highest BCUT2D eigenvalue weighted by Crippen LogP contribution is 2.31. The summed E-state index contributed by atoms with van der Waals surface area (Å²) in [6, 6.07) is -0.308. The number of nitrogens with zero attached hydrogens (tertiary/aromatic N) is 2. The highest BCUT2D eigenvalue weighted by Gasteiger charge is 2.49. The van der Waals surface area contributed by atoms with Gasteiger partial charge in [0.15, 0.2) is 0 Å². The molecule has 5 heteroatoms. The molecule has 0 radical (unpaired) electrons. The van der Waals surface area contributed by atoms with Crippen LogP contribution in [0.15, 0.2) is 0 Å². The van der Waals surface area contributed by atoms with Gasteiger partial charge in [0.2, 0.25) is 11.8 Å². The lowest BCUT2D eigenvalue weighted by Crippen LogP contribution is -2.66. The van der Waals surface area contributed by atoms with Crippen molar-refractivity contribution in [3.05, 3.63) is 0 Å². The Morgan fingerprint density at radius 3 is 2.55 bits per heavy atom. The summed E-state index contributed by atoms with van der Waals surface area (Å²) in [6.45, 7) is 6.92. The molecular formula is C15H26N2O2S. The lowest BCUT2D eigenvalue weighted by atomic mass is 9.93. The van der Waals surface area contributed by atoms with Crippen molar-refractivity contribution in [2.75, 3.05) is 18.6 Å². The van der Waals surface area contributed by atoms with Crippen LogP contribution in [0.3, 0.4) is 0 Å². The summed E-state index contributed by atoms with van der Waals surface area (Å²) in [7, 11) is 0. The van der Waals surface area contributed by atoms with Crippen LogP contribution in [-0.2, 0) is 9.59 Å². The third-order valence-electron chi connectivity index (χ3n) is 4.47. The maximum Gasteiger partial charge on any atom is 0.246 e. The van der Waals surface area contributed by atoms with Crippen LogP contribution in [0.5, 0.6) is 0 Å². The third-order valence-corrected chi connectivity index (χ3v) is 5.12. The molecular weight excluding hydrogens is 272 g/mol. The summed E-state index contributed by atoms with van der Waals surface area (Å²) in [5, 5.41) is 0. The van der Waals surface area contributed by atoms with Crippen molar-refractivity contribution in [2.45, 2.75) is 58.2 Å². The normalized spacial score (nSPS) is 28.2. The van der Waals surface area contributed by atoms with Crippen LogP contribution < -0.4 is 0 Å². The molecule has 2 heterocycles. The minimum absolute atomic E-state index is 0.147. The predicted octanol–water partition coefficient (Wildman–Crippen LogP) is 1.99. The van der Waals surface area contributed by atoms with Crippen LogP contribution in [0, 0.1) is 5.92 Å². The highest BCUT2D eigenvalue weighted by atomic mass is 32.2. The van der Waals surface area contributed by atoms with E-state index in [2.05, 4.69) is 13.2 Å². The van der Waals surface area contributed by atoms with Crippen molar-refractivity contribution in [1.82, 2.24) is 9.80 Å². The minimum Gasteiger partial charge on any atom is -0.329 e. The van der Waals surface area contributed by atoms with Crippen molar-refractivity contribution < 1.29 is 9.59 Å². The number of fused-ring (bicyclic) bond motifs is 1. The van der Waals surface area contributed by atoms with Gasteiger partial charge in [-0.15, -0.1) is 0 Å². The molecule has 3 unspecified atom stereocenters. The summed E-state index contributed by atoms with van der Waals surface area (Å²) >= 11 is 1.79. The molecule has 4 nitrogen and oxygen atoms in total.